The fraction of sp³-hybridized carbons (Fsp3) is 1.00. The molecule has 13 heavy (non-hydrogen) atoms. The lowest BCUT2D eigenvalue weighted by Gasteiger charge is -2.40. The van der Waals surface area contributed by atoms with Crippen molar-refractivity contribution in [2.24, 2.45) is 0 Å². The molecule has 0 aromatic carbocycles. The van der Waals surface area contributed by atoms with E-state index in [0.717, 1.165) is 12.1 Å². The van der Waals surface area contributed by atoms with Gasteiger partial charge in [-0.1, -0.05) is 6.42 Å². The van der Waals surface area contributed by atoms with E-state index in [0.29, 0.717) is 5.54 Å². The van der Waals surface area contributed by atoms with Crippen LogP contribution in [0, 0.1) is 0 Å². The van der Waals surface area contributed by atoms with Crippen LogP contribution >= 0.6 is 0 Å². The molecule has 1 saturated heterocycles. The SMILES string of the molecule is CC1(C)CC(NC2CCC2)CCN1. The average Bonchev–Trinajstić information content (AvgIpc) is 1.95. The van der Waals surface area contributed by atoms with Gasteiger partial charge in [-0.25, -0.2) is 0 Å². The highest BCUT2D eigenvalue weighted by molar-refractivity contribution is 4.91. The lowest BCUT2D eigenvalue weighted by atomic mass is 9.86. The number of hydrogen-bond donors (Lipinski definition) is 2. The van der Waals surface area contributed by atoms with Crippen LogP contribution in [0.1, 0.15) is 46.0 Å². The molecular weight excluding hydrogens is 160 g/mol. The minimum Gasteiger partial charge on any atom is -0.312 e. The Labute approximate surface area is 81.5 Å². The predicted octanol–water partition coefficient (Wildman–Crippen LogP) is 1.66. The molecule has 2 fully saturated rings. The van der Waals surface area contributed by atoms with Gasteiger partial charge in [-0.05, 0) is 46.1 Å². The van der Waals surface area contributed by atoms with Gasteiger partial charge in [0.2, 0.25) is 0 Å². The summed E-state index contributed by atoms with van der Waals surface area (Å²) in [6, 6.07) is 1.61. The molecule has 0 bridgehead atoms. The molecule has 0 aromatic rings. The van der Waals surface area contributed by atoms with Crippen LogP contribution in [-0.4, -0.2) is 24.2 Å². The van der Waals surface area contributed by atoms with E-state index >= 15 is 0 Å². The smallest absolute Gasteiger partial charge is 0.0139 e. The van der Waals surface area contributed by atoms with Crippen molar-refractivity contribution in [2.45, 2.75) is 63.6 Å². The normalized spacial score (nSPS) is 34.2. The van der Waals surface area contributed by atoms with Crippen LogP contribution in [0.5, 0.6) is 0 Å². The van der Waals surface area contributed by atoms with E-state index < -0.39 is 0 Å². The van der Waals surface area contributed by atoms with Crippen LogP contribution in [0.15, 0.2) is 0 Å². The molecule has 1 unspecified atom stereocenters. The summed E-state index contributed by atoms with van der Waals surface area (Å²) in [5, 5.41) is 7.33. The van der Waals surface area contributed by atoms with Crippen molar-refractivity contribution >= 4 is 0 Å². The van der Waals surface area contributed by atoms with Crippen LogP contribution in [0.25, 0.3) is 0 Å². The standard InChI is InChI=1S/C11H22N2/c1-11(2)8-10(6-7-12-11)13-9-4-3-5-9/h9-10,12-13H,3-8H2,1-2H3. The van der Waals surface area contributed by atoms with Gasteiger partial charge >= 0.3 is 0 Å². The van der Waals surface area contributed by atoms with Crippen LogP contribution < -0.4 is 10.6 Å². The third kappa shape index (κ3) is 2.44. The lowest BCUT2D eigenvalue weighted by molar-refractivity contribution is 0.209. The predicted molar refractivity (Wildman–Crippen MR) is 55.9 cm³/mol. The molecule has 0 amide bonds. The molecule has 76 valence electrons. The molecule has 2 aliphatic rings. The van der Waals surface area contributed by atoms with E-state index in [4.69, 9.17) is 0 Å². The summed E-state index contributed by atoms with van der Waals surface area (Å²) in [6.45, 7) is 5.79. The monoisotopic (exact) mass is 182 g/mol. The van der Waals surface area contributed by atoms with Gasteiger partial charge in [0.05, 0.1) is 0 Å². The fourth-order valence-electron chi connectivity index (χ4n) is 2.43. The molecule has 2 rings (SSSR count). The van der Waals surface area contributed by atoms with Crippen molar-refractivity contribution in [2.75, 3.05) is 6.54 Å². The molecule has 2 nitrogen and oxygen atoms in total. The Kier molecular flexibility index (Phi) is 2.61. The maximum Gasteiger partial charge on any atom is 0.0139 e. The Morgan fingerprint density at radius 2 is 1.92 bits per heavy atom. The summed E-state index contributed by atoms with van der Waals surface area (Å²) < 4.78 is 0. The molecule has 0 aromatic heterocycles. The lowest BCUT2D eigenvalue weighted by Crippen LogP contribution is -2.54. The molecule has 2 heteroatoms. The third-order valence-corrected chi connectivity index (χ3v) is 3.43. The maximum atomic E-state index is 3.77. The van der Waals surface area contributed by atoms with Crippen LogP contribution in [-0.2, 0) is 0 Å². The van der Waals surface area contributed by atoms with Gasteiger partial charge in [0, 0.05) is 17.6 Å². The molecule has 0 radical (unpaired) electrons. The zero-order chi connectivity index (χ0) is 9.31. The zero-order valence-corrected chi connectivity index (χ0v) is 8.90. The second-order valence-corrected chi connectivity index (χ2v) is 5.29. The summed E-state index contributed by atoms with van der Waals surface area (Å²) >= 11 is 0. The molecule has 1 heterocycles. The van der Waals surface area contributed by atoms with Crippen molar-refractivity contribution in [1.82, 2.24) is 10.6 Å². The highest BCUT2D eigenvalue weighted by Gasteiger charge is 2.29. The Hall–Kier alpha value is -0.0800. The second kappa shape index (κ2) is 3.58. The van der Waals surface area contributed by atoms with E-state index in [1.807, 2.05) is 0 Å². The average molecular weight is 182 g/mol. The maximum absolute atomic E-state index is 3.77. The molecular formula is C11H22N2. The van der Waals surface area contributed by atoms with Gasteiger partial charge < -0.3 is 10.6 Å². The summed E-state index contributed by atoms with van der Waals surface area (Å²) in [4.78, 5) is 0. The van der Waals surface area contributed by atoms with E-state index in [1.165, 1.54) is 38.6 Å². The first kappa shape index (κ1) is 9.47. The summed E-state index contributed by atoms with van der Waals surface area (Å²) in [6.07, 6.45) is 6.84. The molecule has 2 N–H and O–H groups in total. The van der Waals surface area contributed by atoms with Crippen molar-refractivity contribution in [1.29, 1.82) is 0 Å². The van der Waals surface area contributed by atoms with E-state index in [1.54, 1.807) is 0 Å². The number of nitrogens with one attached hydrogen (secondary N) is 2. The minimum atomic E-state index is 0.347. The van der Waals surface area contributed by atoms with Crippen molar-refractivity contribution in [3.05, 3.63) is 0 Å². The summed E-state index contributed by atoms with van der Waals surface area (Å²) in [5.74, 6) is 0. The van der Waals surface area contributed by atoms with Crippen LogP contribution in [0.2, 0.25) is 0 Å². The number of rotatable bonds is 2. The molecule has 0 spiro atoms. The van der Waals surface area contributed by atoms with Gasteiger partial charge in [0.1, 0.15) is 0 Å². The molecule has 1 atom stereocenters. The van der Waals surface area contributed by atoms with Crippen LogP contribution in [0.4, 0.5) is 0 Å². The van der Waals surface area contributed by atoms with Gasteiger partial charge in [0.15, 0.2) is 0 Å². The Morgan fingerprint density at radius 3 is 2.46 bits per heavy atom. The Balaban J connectivity index is 1.78. The largest absolute Gasteiger partial charge is 0.312 e. The van der Waals surface area contributed by atoms with E-state index in [2.05, 4.69) is 24.5 Å². The second-order valence-electron chi connectivity index (χ2n) is 5.29. The van der Waals surface area contributed by atoms with Crippen molar-refractivity contribution in [3.63, 3.8) is 0 Å². The zero-order valence-electron chi connectivity index (χ0n) is 8.90. The quantitative estimate of drug-likeness (QED) is 0.678. The highest BCUT2D eigenvalue weighted by atomic mass is 15.0. The molecule has 1 aliphatic heterocycles. The minimum absolute atomic E-state index is 0.347. The first-order valence-electron chi connectivity index (χ1n) is 5.67. The molecule has 1 saturated carbocycles. The third-order valence-electron chi connectivity index (χ3n) is 3.43. The fourth-order valence-corrected chi connectivity index (χ4v) is 2.43. The van der Waals surface area contributed by atoms with Crippen molar-refractivity contribution in [3.8, 4) is 0 Å². The van der Waals surface area contributed by atoms with Gasteiger partial charge in [-0.15, -0.1) is 0 Å². The Morgan fingerprint density at radius 1 is 1.15 bits per heavy atom. The Bertz CT molecular complexity index is 173. The first-order chi connectivity index (χ1) is 6.16. The highest BCUT2D eigenvalue weighted by Crippen LogP contribution is 2.23. The summed E-state index contributed by atoms with van der Waals surface area (Å²) in [7, 11) is 0. The van der Waals surface area contributed by atoms with Gasteiger partial charge in [0.25, 0.3) is 0 Å². The van der Waals surface area contributed by atoms with Crippen LogP contribution in [0.3, 0.4) is 0 Å². The van der Waals surface area contributed by atoms with Crippen molar-refractivity contribution < 1.29 is 0 Å². The van der Waals surface area contributed by atoms with E-state index in [-0.39, 0.29) is 0 Å². The summed E-state index contributed by atoms with van der Waals surface area (Å²) in [5.41, 5.74) is 0.347. The van der Waals surface area contributed by atoms with E-state index in [9.17, 15) is 0 Å². The van der Waals surface area contributed by atoms with Gasteiger partial charge in [-0.3, -0.25) is 0 Å². The topological polar surface area (TPSA) is 24.1 Å². The van der Waals surface area contributed by atoms with Gasteiger partial charge in [-0.2, -0.15) is 0 Å². The number of hydrogen-bond acceptors (Lipinski definition) is 2. The number of piperidine rings is 1. The first-order valence-corrected chi connectivity index (χ1v) is 5.67. The molecule has 1 aliphatic carbocycles.